The van der Waals surface area contributed by atoms with E-state index in [9.17, 15) is 14.5 Å². The van der Waals surface area contributed by atoms with Gasteiger partial charge in [-0.3, -0.25) is 15.5 Å². The van der Waals surface area contributed by atoms with Crippen molar-refractivity contribution in [1.82, 2.24) is 4.98 Å². The van der Waals surface area contributed by atoms with Crippen LogP contribution in [0, 0.1) is 15.9 Å². The number of hydrogen-bond acceptors (Lipinski definition) is 7. The minimum absolute atomic E-state index is 0.0574. The number of hydrazone groups is 1. The van der Waals surface area contributed by atoms with Gasteiger partial charge in [0.1, 0.15) is 11.6 Å². The third-order valence-electron chi connectivity index (χ3n) is 2.07. The summed E-state index contributed by atoms with van der Waals surface area (Å²) in [6.07, 6.45) is 1.15. The van der Waals surface area contributed by atoms with Crippen LogP contribution in [0.1, 0.15) is 5.56 Å². The largest absolute Gasteiger partial charge is 0.383 e. The first-order chi connectivity index (χ1) is 9.06. The molecule has 2 aromatic rings. The first-order valence-corrected chi connectivity index (χ1v) is 5.88. The van der Waals surface area contributed by atoms with Crippen molar-refractivity contribution in [3.05, 3.63) is 45.1 Å². The molecule has 0 saturated heterocycles. The summed E-state index contributed by atoms with van der Waals surface area (Å²) in [5.41, 5.74) is 7.79. The van der Waals surface area contributed by atoms with Gasteiger partial charge < -0.3 is 5.73 Å². The number of nitro groups is 1. The Kier molecular flexibility index (Phi) is 3.66. The molecule has 0 saturated carbocycles. The molecule has 1 aromatic carbocycles. The lowest BCUT2D eigenvalue weighted by molar-refractivity contribution is -0.385. The van der Waals surface area contributed by atoms with Crippen molar-refractivity contribution in [2.24, 2.45) is 5.10 Å². The predicted molar refractivity (Wildman–Crippen MR) is 70.8 cm³/mol. The maximum absolute atomic E-state index is 13.0. The summed E-state index contributed by atoms with van der Waals surface area (Å²) in [5, 5.41) is 16.6. The Balaban J connectivity index is 2.18. The Hall–Kier alpha value is -2.55. The summed E-state index contributed by atoms with van der Waals surface area (Å²) in [5.74, 6) is -0.232. The number of halogens is 1. The van der Waals surface area contributed by atoms with E-state index in [4.69, 9.17) is 5.73 Å². The molecule has 3 N–H and O–H groups in total. The molecule has 0 amide bonds. The van der Waals surface area contributed by atoms with Gasteiger partial charge in [-0.1, -0.05) is 0 Å². The summed E-state index contributed by atoms with van der Waals surface area (Å²) in [6.45, 7) is 0. The lowest BCUT2D eigenvalue weighted by atomic mass is 10.2. The van der Waals surface area contributed by atoms with Crippen molar-refractivity contribution >= 4 is 34.2 Å². The van der Waals surface area contributed by atoms with Crippen LogP contribution in [-0.4, -0.2) is 16.1 Å². The van der Waals surface area contributed by atoms with Crippen molar-refractivity contribution < 1.29 is 9.31 Å². The fourth-order valence-corrected chi connectivity index (χ4v) is 1.84. The SMILES string of the molecule is Nc1csc(NN=Cc2cc(F)ccc2[N+](=O)[O-])n1. The molecule has 7 nitrogen and oxygen atoms in total. The first kappa shape index (κ1) is 12.9. The summed E-state index contributed by atoms with van der Waals surface area (Å²) in [4.78, 5) is 14.0. The van der Waals surface area contributed by atoms with Gasteiger partial charge in [0.25, 0.3) is 5.69 Å². The molecule has 0 radical (unpaired) electrons. The Labute approximate surface area is 110 Å². The summed E-state index contributed by atoms with van der Waals surface area (Å²) >= 11 is 1.23. The van der Waals surface area contributed by atoms with Crippen LogP contribution in [0.3, 0.4) is 0 Å². The molecule has 1 heterocycles. The van der Waals surface area contributed by atoms with Crippen molar-refractivity contribution in [3.63, 3.8) is 0 Å². The molecule has 0 aliphatic carbocycles. The lowest BCUT2D eigenvalue weighted by Gasteiger charge is -1.97. The topological polar surface area (TPSA) is 106 Å². The molecule has 9 heteroatoms. The van der Waals surface area contributed by atoms with Crippen LogP contribution < -0.4 is 11.2 Å². The molecular formula is C10H8FN5O2S. The molecule has 0 aliphatic heterocycles. The van der Waals surface area contributed by atoms with E-state index in [1.165, 1.54) is 11.3 Å². The maximum atomic E-state index is 13.0. The molecule has 0 fully saturated rings. The van der Waals surface area contributed by atoms with E-state index in [0.717, 1.165) is 24.4 Å². The average molecular weight is 281 g/mol. The fraction of sp³-hybridized carbons (Fsp3) is 0. The molecule has 0 spiro atoms. The Morgan fingerprint density at radius 2 is 2.37 bits per heavy atom. The van der Waals surface area contributed by atoms with E-state index in [0.29, 0.717) is 10.9 Å². The van der Waals surface area contributed by atoms with Crippen LogP contribution in [0.15, 0.2) is 28.7 Å². The van der Waals surface area contributed by atoms with Crippen molar-refractivity contribution in [2.75, 3.05) is 11.2 Å². The van der Waals surface area contributed by atoms with Gasteiger partial charge in [-0.2, -0.15) is 5.10 Å². The second-order valence-electron chi connectivity index (χ2n) is 3.41. The minimum atomic E-state index is -0.609. The Bertz CT molecular complexity index is 643. The van der Waals surface area contributed by atoms with Crippen molar-refractivity contribution in [2.45, 2.75) is 0 Å². The number of anilines is 2. The molecule has 0 bridgehead atoms. The molecule has 1 aromatic heterocycles. The molecular weight excluding hydrogens is 273 g/mol. The van der Waals surface area contributed by atoms with Gasteiger partial charge in [0.15, 0.2) is 0 Å². The number of nitrogens with two attached hydrogens (primary N) is 1. The van der Waals surface area contributed by atoms with Gasteiger partial charge in [-0.15, -0.1) is 11.3 Å². The van der Waals surface area contributed by atoms with E-state index in [-0.39, 0.29) is 11.3 Å². The molecule has 0 atom stereocenters. The van der Waals surface area contributed by atoms with Gasteiger partial charge >= 0.3 is 0 Å². The highest BCUT2D eigenvalue weighted by Crippen LogP contribution is 2.19. The van der Waals surface area contributed by atoms with E-state index < -0.39 is 10.7 Å². The van der Waals surface area contributed by atoms with Gasteiger partial charge in [0, 0.05) is 11.4 Å². The number of rotatable bonds is 4. The second kappa shape index (κ2) is 5.40. The summed E-state index contributed by atoms with van der Waals surface area (Å²) in [6, 6.07) is 3.13. The zero-order chi connectivity index (χ0) is 13.8. The molecule has 0 aliphatic rings. The average Bonchev–Trinajstić information content (AvgIpc) is 2.75. The summed E-state index contributed by atoms with van der Waals surface area (Å²) in [7, 11) is 0. The number of nitro benzene ring substituents is 1. The number of aromatic nitrogens is 1. The molecule has 0 unspecified atom stereocenters. The van der Waals surface area contributed by atoms with E-state index in [2.05, 4.69) is 15.5 Å². The van der Waals surface area contributed by atoms with Crippen LogP contribution >= 0.6 is 11.3 Å². The molecule has 98 valence electrons. The zero-order valence-corrected chi connectivity index (χ0v) is 10.2. The van der Waals surface area contributed by atoms with E-state index >= 15 is 0 Å². The number of hydrogen-bond donors (Lipinski definition) is 2. The standard InChI is InChI=1S/C10H8FN5O2S/c11-7-1-2-8(16(17)18)6(3-7)4-13-15-10-14-9(12)5-19-10/h1-5H,12H2,(H,14,15). The Morgan fingerprint density at radius 3 is 3.00 bits per heavy atom. The number of benzene rings is 1. The number of nitrogen functional groups attached to an aromatic ring is 1. The molecule has 19 heavy (non-hydrogen) atoms. The van der Waals surface area contributed by atoms with Gasteiger partial charge in [0.05, 0.1) is 16.7 Å². The highest BCUT2D eigenvalue weighted by atomic mass is 32.1. The van der Waals surface area contributed by atoms with E-state index in [1.54, 1.807) is 5.38 Å². The van der Waals surface area contributed by atoms with E-state index in [1.807, 2.05) is 0 Å². The van der Waals surface area contributed by atoms with Gasteiger partial charge in [-0.25, -0.2) is 9.37 Å². The minimum Gasteiger partial charge on any atom is -0.383 e. The highest BCUT2D eigenvalue weighted by Gasteiger charge is 2.12. The predicted octanol–water partition coefficient (Wildman–Crippen LogP) is 2.22. The van der Waals surface area contributed by atoms with Crippen LogP contribution in [-0.2, 0) is 0 Å². The second-order valence-corrected chi connectivity index (χ2v) is 4.27. The lowest BCUT2D eigenvalue weighted by Crippen LogP contribution is -1.97. The molecule has 2 rings (SSSR count). The van der Waals surface area contributed by atoms with Crippen LogP contribution in [0.5, 0.6) is 0 Å². The first-order valence-electron chi connectivity index (χ1n) is 5.00. The monoisotopic (exact) mass is 281 g/mol. The number of nitrogens with zero attached hydrogens (tertiary/aromatic N) is 3. The number of thiazole rings is 1. The van der Waals surface area contributed by atoms with Crippen molar-refractivity contribution in [1.29, 1.82) is 0 Å². The number of nitrogens with one attached hydrogen (secondary N) is 1. The fourth-order valence-electron chi connectivity index (χ4n) is 1.29. The van der Waals surface area contributed by atoms with Crippen LogP contribution in [0.2, 0.25) is 0 Å². The highest BCUT2D eigenvalue weighted by molar-refractivity contribution is 7.14. The quantitative estimate of drug-likeness (QED) is 0.507. The van der Waals surface area contributed by atoms with Crippen LogP contribution in [0.25, 0.3) is 0 Å². The summed E-state index contributed by atoms with van der Waals surface area (Å²) < 4.78 is 13.0. The van der Waals surface area contributed by atoms with Gasteiger partial charge in [-0.05, 0) is 12.1 Å². The third-order valence-corrected chi connectivity index (χ3v) is 2.84. The van der Waals surface area contributed by atoms with Crippen molar-refractivity contribution in [3.8, 4) is 0 Å². The third kappa shape index (κ3) is 3.22. The van der Waals surface area contributed by atoms with Crippen LogP contribution in [0.4, 0.5) is 21.0 Å². The smallest absolute Gasteiger partial charge is 0.278 e. The van der Waals surface area contributed by atoms with Gasteiger partial charge in [0.2, 0.25) is 5.13 Å². The maximum Gasteiger partial charge on any atom is 0.278 e. The zero-order valence-electron chi connectivity index (χ0n) is 9.41. The Morgan fingerprint density at radius 1 is 1.58 bits per heavy atom. The normalized spacial score (nSPS) is 10.8.